The fourth-order valence-corrected chi connectivity index (χ4v) is 4.58. The molecular weight excluding hydrogens is 476 g/mol. The summed E-state index contributed by atoms with van der Waals surface area (Å²) < 4.78 is 41.5. The van der Waals surface area contributed by atoms with Gasteiger partial charge < -0.3 is 14.6 Å². The lowest BCUT2D eigenvalue weighted by Gasteiger charge is -2.21. The molecule has 190 valence electrons. The van der Waals surface area contributed by atoms with E-state index in [4.69, 9.17) is 9.47 Å². The Kier molecular flexibility index (Phi) is 8.51. The van der Waals surface area contributed by atoms with E-state index < -0.39 is 21.2 Å². The predicted molar refractivity (Wildman–Crippen MR) is 127 cm³/mol. The van der Waals surface area contributed by atoms with E-state index in [1.54, 1.807) is 26.2 Å². The molecule has 3 rings (SSSR count). The molecule has 13 nitrogen and oxygen atoms in total. The highest BCUT2D eigenvalue weighted by atomic mass is 32.2. The van der Waals surface area contributed by atoms with E-state index in [0.717, 1.165) is 5.56 Å². The van der Waals surface area contributed by atoms with Crippen LogP contribution in [0.3, 0.4) is 0 Å². The van der Waals surface area contributed by atoms with Crippen molar-refractivity contribution >= 4 is 16.0 Å². The van der Waals surface area contributed by atoms with Crippen LogP contribution in [0.2, 0.25) is 0 Å². The first-order valence-corrected chi connectivity index (χ1v) is 12.6. The Hall–Kier alpha value is -3.39. The molecule has 0 saturated carbocycles. The maximum atomic E-state index is 13.4. The number of nitrogens with one attached hydrogen (secondary N) is 1. The second-order valence-corrected chi connectivity index (χ2v) is 9.99. The molecule has 3 heterocycles. The van der Waals surface area contributed by atoms with Crippen LogP contribution in [-0.4, -0.2) is 74.3 Å². The van der Waals surface area contributed by atoms with Crippen molar-refractivity contribution in [3.05, 3.63) is 35.9 Å². The average molecular weight is 507 g/mol. The molecular formula is C21H30N8O5S. The van der Waals surface area contributed by atoms with Gasteiger partial charge in [-0.15, -0.1) is 10.2 Å². The molecule has 14 heteroatoms. The summed E-state index contributed by atoms with van der Waals surface area (Å²) in [4.78, 5) is 16.8. The summed E-state index contributed by atoms with van der Waals surface area (Å²) in [5, 5.41) is 16.6. The number of aromatic nitrogens is 7. The van der Waals surface area contributed by atoms with Gasteiger partial charge in [0, 0.05) is 31.3 Å². The van der Waals surface area contributed by atoms with Gasteiger partial charge in [0.1, 0.15) is 18.0 Å². The van der Waals surface area contributed by atoms with E-state index >= 15 is 0 Å². The van der Waals surface area contributed by atoms with E-state index in [9.17, 15) is 13.5 Å². The Labute approximate surface area is 204 Å². The van der Waals surface area contributed by atoms with Crippen molar-refractivity contribution in [2.45, 2.75) is 51.2 Å². The first kappa shape index (κ1) is 26.2. The minimum absolute atomic E-state index is 0.0190. The van der Waals surface area contributed by atoms with Gasteiger partial charge in [0.05, 0.1) is 19.5 Å². The molecule has 0 aliphatic heterocycles. The molecule has 2 atom stereocenters. The van der Waals surface area contributed by atoms with E-state index in [2.05, 4.69) is 34.9 Å². The van der Waals surface area contributed by atoms with Crippen LogP contribution in [0.15, 0.2) is 18.7 Å². The van der Waals surface area contributed by atoms with E-state index in [-0.39, 0.29) is 30.0 Å². The van der Waals surface area contributed by atoms with Crippen LogP contribution in [0.25, 0.3) is 5.69 Å². The highest BCUT2D eigenvalue weighted by Gasteiger charge is 2.32. The molecule has 0 aliphatic rings. The number of rotatable bonds is 12. The molecule has 0 aromatic carbocycles. The maximum absolute atomic E-state index is 13.4. The monoisotopic (exact) mass is 506 g/mol. The molecule has 2 unspecified atom stereocenters. The van der Waals surface area contributed by atoms with E-state index in [1.165, 1.54) is 25.1 Å². The van der Waals surface area contributed by atoms with Crippen LogP contribution in [0.4, 0.5) is 5.95 Å². The average Bonchev–Trinajstić information content (AvgIpc) is 3.24. The SMILES string of the molecule is COc1ncnc(OC)c1-n1c(CCCCO)nnc1NS(=O)(=O)C(C)C(C)c1ncc(C)cn1. The predicted octanol–water partition coefficient (Wildman–Crippen LogP) is 1.42. The summed E-state index contributed by atoms with van der Waals surface area (Å²) in [7, 11) is -1.11. The maximum Gasteiger partial charge on any atom is 0.245 e. The number of aliphatic hydroxyl groups excluding tert-OH is 1. The minimum atomic E-state index is -3.97. The highest BCUT2D eigenvalue weighted by molar-refractivity contribution is 7.93. The van der Waals surface area contributed by atoms with Crippen LogP contribution in [0.1, 0.15) is 49.8 Å². The number of unbranched alkanes of at least 4 members (excludes halogenated alkanes) is 1. The van der Waals surface area contributed by atoms with Gasteiger partial charge >= 0.3 is 0 Å². The fraction of sp³-hybridized carbons (Fsp3) is 0.524. The third-order valence-electron chi connectivity index (χ3n) is 5.54. The number of ether oxygens (including phenoxy) is 2. The zero-order valence-corrected chi connectivity index (χ0v) is 21.2. The van der Waals surface area contributed by atoms with Gasteiger partial charge in [-0.3, -0.25) is 9.29 Å². The van der Waals surface area contributed by atoms with Gasteiger partial charge in [-0.05, 0) is 32.3 Å². The Morgan fingerprint density at radius 1 is 1.03 bits per heavy atom. The van der Waals surface area contributed by atoms with Crippen molar-refractivity contribution in [2.24, 2.45) is 0 Å². The summed E-state index contributed by atoms with van der Waals surface area (Å²) in [5.41, 5.74) is 1.13. The molecule has 0 fully saturated rings. The zero-order valence-electron chi connectivity index (χ0n) is 20.3. The molecule has 0 aliphatic carbocycles. The van der Waals surface area contributed by atoms with Crippen molar-refractivity contribution in [1.29, 1.82) is 0 Å². The van der Waals surface area contributed by atoms with Gasteiger partial charge in [-0.25, -0.2) is 18.4 Å². The first-order chi connectivity index (χ1) is 16.7. The molecule has 0 spiro atoms. The van der Waals surface area contributed by atoms with Crippen LogP contribution < -0.4 is 14.2 Å². The molecule has 3 aromatic heterocycles. The topological polar surface area (TPSA) is 167 Å². The van der Waals surface area contributed by atoms with Gasteiger partial charge in [0.25, 0.3) is 0 Å². The van der Waals surface area contributed by atoms with Crippen molar-refractivity contribution in [3.8, 4) is 17.4 Å². The second kappa shape index (κ2) is 11.4. The third kappa shape index (κ3) is 5.82. The van der Waals surface area contributed by atoms with E-state index in [0.29, 0.717) is 30.9 Å². The van der Waals surface area contributed by atoms with Gasteiger partial charge in [0.15, 0.2) is 5.69 Å². The molecule has 0 bridgehead atoms. The number of hydrogen-bond donors (Lipinski definition) is 2. The minimum Gasteiger partial charge on any atom is -0.479 e. The quantitative estimate of drug-likeness (QED) is 0.341. The second-order valence-electron chi connectivity index (χ2n) is 7.96. The number of anilines is 1. The fourth-order valence-electron chi connectivity index (χ4n) is 3.35. The van der Waals surface area contributed by atoms with Crippen LogP contribution in [-0.2, 0) is 16.4 Å². The number of aryl methyl sites for hydroxylation is 2. The van der Waals surface area contributed by atoms with Crippen molar-refractivity contribution in [2.75, 3.05) is 25.5 Å². The number of nitrogens with zero attached hydrogens (tertiary/aromatic N) is 7. The summed E-state index contributed by atoms with van der Waals surface area (Å²) >= 11 is 0. The smallest absolute Gasteiger partial charge is 0.245 e. The van der Waals surface area contributed by atoms with Crippen LogP contribution >= 0.6 is 0 Å². The lowest BCUT2D eigenvalue weighted by atomic mass is 10.1. The third-order valence-corrected chi connectivity index (χ3v) is 7.39. The van der Waals surface area contributed by atoms with Crippen molar-refractivity contribution < 1.29 is 23.0 Å². The number of methoxy groups -OCH3 is 2. The molecule has 0 amide bonds. The number of sulfonamides is 1. The summed E-state index contributed by atoms with van der Waals surface area (Å²) in [5.74, 6) is 0.561. The Bertz CT molecular complexity index is 1210. The summed E-state index contributed by atoms with van der Waals surface area (Å²) in [6, 6.07) is 0. The molecule has 35 heavy (non-hydrogen) atoms. The lowest BCUT2D eigenvalue weighted by Crippen LogP contribution is -2.31. The Balaban J connectivity index is 2.03. The molecule has 3 aromatic rings. The number of aliphatic hydroxyl groups is 1. The molecule has 0 radical (unpaired) electrons. The molecule has 2 N–H and O–H groups in total. The summed E-state index contributed by atoms with van der Waals surface area (Å²) in [6.45, 7) is 5.20. The molecule has 0 saturated heterocycles. The highest BCUT2D eigenvalue weighted by Crippen LogP contribution is 2.33. The van der Waals surface area contributed by atoms with Crippen molar-refractivity contribution in [1.82, 2.24) is 34.7 Å². The van der Waals surface area contributed by atoms with Crippen LogP contribution in [0, 0.1) is 6.92 Å². The Morgan fingerprint density at radius 2 is 1.66 bits per heavy atom. The largest absolute Gasteiger partial charge is 0.479 e. The van der Waals surface area contributed by atoms with Crippen molar-refractivity contribution in [3.63, 3.8) is 0 Å². The van der Waals surface area contributed by atoms with Gasteiger partial charge in [0.2, 0.25) is 27.7 Å². The Morgan fingerprint density at radius 3 is 2.23 bits per heavy atom. The van der Waals surface area contributed by atoms with Gasteiger partial charge in [-0.2, -0.15) is 9.97 Å². The number of hydrogen-bond acceptors (Lipinski definition) is 11. The van der Waals surface area contributed by atoms with Crippen LogP contribution in [0.5, 0.6) is 11.8 Å². The standard InChI is InChI=1S/C21H30N8O5S/c1-13-10-22-18(23-11-13)14(2)15(3)35(31,32)28-21-27-26-16(8-6-7-9-30)29(21)17-19(33-4)24-12-25-20(17)34-5/h10-12,14-15,30H,6-9H2,1-5H3,(H,27,28). The first-order valence-electron chi connectivity index (χ1n) is 11.0. The van der Waals surface area contributed by atoms with E-state index in [1.807, 2.05) is 6.92 Å². The zero-order chi connectivity index (χ0) is 25.6. The lowest BCUT2D eigenvalue weighted by molar-refractivity contribution is 0.284. The normalized spacial score (nSPS) is 13.3. The summed E-state index contributed by atoms with van der Waals surface area (Å²) in [6.07, 6.45) is 6.10. The van der Waals surface area contributed by atoms with Gasteiger partial charge in [-0.1, -0.05) is 6.92 Å².